The summed E-state index contributed by atoms with van der Waals surface area (Å²) < 4.78 is 24.1. The van der Waals surface area contributed by atoms with Crippen LogP contribution in [0.2, 0.25) is 0 Å². The molecule has 118 valence electrons. The molecule has 4 rings (SSSR count). The minimum Gasteiger partial charge on any atom is -0.606 e. The van der Waals surface area contributed by atoms with Gasteiger partial charge in [0, 0.05) is 22.8 Å². The molecule has 2 aromatic carbocycles. The Kier molecular flexibility index (Phi) is 3.61. The minimum atomic E-state index is -1.40. The van der Waals surface area contributed by atoms with Gasteiger partial charge in [0.2, 0.25) is 0 Å². The Morgan fingerprint density at radius 1 is 1.04 bits per heavy atom. The Bertz CT molecular complexity index is 744. The fraction of sp³-hybridized carbons (Fsp3) is 0.235. The third-order valence-corrected chi connectivity index (χ3v) is 5.35. The third-order valence-electron chi connectivity index (χ3n) is 3.96. The largest absolute Gasteiger partial charge is 0.606 e. The second-order valence-electron chi connectivity index (χ2n) is 5.41. The molecule has 1 saturated heterocycles. The van der Waals surface area contributed by atoms with E-state index in [2.05, 4.69) is 5.32 Å². The van der Waals surface area contributed by atoms with Crippen LogP contribution in [0.4, 0.5) is 5.69 Å². The highest BCUT2D eigenvalue weighted by Gasteiger charge is 2.51. The van der Waals surface area contributed by atoms with Gasteiger partial charge in [-0.2, -0.15) is 0 Å². The number of anilines is 1. The van der Waals surface area contributed by atoms with Crippen LogP contribution in [-0.2, 0) is 31.2 Å². The summed E-state index contributed by atoms with van der Waals surface area (Å²) in [4.78, 5) is 13.6. The number of rotatable bonds is 2. The minimum absolute atomic E-state index is 0.324. The Morgan fingerprint density at radius 3 is 2.52 bits per heavy atom. The molecule has 5 nitrogen and oxygen atoms in total. The van der Waals surface area contributed by atoms with Crippen LogP contribution in [0.3, 0.4) is 0 Å². The number of nitrogens with one attached hydrogen (secondary N) is 1. The van der Waals surface area contributed by atoms with Gasteiger partial charge in [0.05, 0.1) is 18.9 Å². The fourth-order valence-electron chi connectivity index (χ4n) is 2.85. The van der Waals surface area contributed by atoms with Crippen molar-refractivity contribution in [1.82, 2.24) is 0 Å². The quantitative estimate of drug-likeness (QED) is 0.859. The molecule has 0 bridgehead atoms. The highest BCUT2D eigenvalue weighted by atomic mass is 32.2. The molecule has 0 aliphatic carbocycles. The highest BCUT2D eigenvalue weighted by Crippen LogP contribution is 2.43. The third kappa shape index (κ3) is 2.35. The number of benzene rings is 2. The number of hydrogen-bond acceptors (Lipinski definition) is 4. The lowest BCUT2D eigenvalue weighted by atomic mass is 10.1. The number of carbonyl (C=O) groups excluding carboxylic acids is 1. The summed E-state index contributed by atoms with van der Waals surface area (Å²) in [6.07, 6.45) is 0.750. The maximum Gasteiger partial charge on any atom is 0.289 e. The molecule has 1 atom stereocenters. The molecule has 2 aliphatic rings. The van der Waals surface area contributed by atoms with E-state index in [1.165, 1.54) is 0 Å². The lowest BCUT2D eigenvalue weighted by molar-refractivity contribution is -0.255. The number of fused-ring (bicyclic) bond motifs is 2. The predicted molar refractivity (Wildman–Crippen MR) is 84.4 cm³/mol. The molecule has 1 N–H and O–H groups in total. The van der Waals surface area contributed by atoms with Gasteiger partial charge in [0.1, 0.15) is 0 Å². The number of hydrogen-bond donors (Lipinski definition) is 1. The van der Waals surface area contributed by atoms with E-state index in [0.29, 0.717) is 34.3 Å². The second kappa shape index (κ2) is 5.65. The Morgan fingerprint density at radius 2 is 1.78 bits per heavy atom. The number of carbonyl (C=O) groups is 1. The molecule has 1 unspecified atom stereocenters. The standard InChI is InChI=1S/C17H15NO4S/c19-16-17(21-9-4-10-22-17)14-11-13(7-8-15(14)18-16)23(20)12-5-2-1-3-6-12/h1-3,5-8,11H,4,9-10H2,(H,18,19). The molecule has 2 aromatic rings. The molecule has 0 aromatic heterocycles. The normalized spacial score (nSPS) is 20.1. The van der Waals surface area contributed by atoms with E-state index >= 15 is 0 Å². The van der Waals surface area contributed by atoms with Crippen LogP contribution in [0.15, 0.2) is 58.3 Å². The van der Waals surface area contributed by atoms with Crippen LogP contribution < -0.4 is 5.32 Å². The maximum atomic E-state index is 12.7. The monoisotopic (exact) mass is 329 g/mol. The predicted octanol–water partition coefficient (Wildman–Crippen LogP) is 2.40. The number of amides is 1. The van der Waals surface area contributed by atoms with Gasteiger partial charge < -0.3 is 19.3 Å². The molecule has 0 radical (unpaired) electrons. The molecular formula is C17H15NO4S. The topological polar surface area (TPSA) is 70.6 Å². The average molecular weight is 329 g/mol. The molecule has 1 amide bonds. The van der Waals surface area contributed by atoms with Gasteiger partial charge in [-0.15, -0.1) is 0 Å². The van der Waals surface area contributed by atoms with Crippen molar-refractivity contribution in [2.75, 3.05) is 18.5 Å². The summed E-state index contributed by atoms with van der Waals surface area (Å²) in [5.74, 6) is -1.72. The zero-order valence-electron chi connectivity index (χ0n) is 12.3. The van der Waals surface area contributed by atoms with Gasteiger partial charge in [-0.3, -0.25) is 4.79 Å². The van der Waals surface area contributed by atoms with Crippen LogP contribution in [0.5, 0.6) is 0 Å². The molecule has 1 spiro atoms. The van der Waals surface area contributed by atoms with E-state index in [0.717, 1.165) is 6.42 Å². The van der Waals surface area contributed by atoms with Crippen LogP contribution in [-0.4, -0.2) is 23.7 Å². The zero-order valence-corrected chi connectivity index (χ0v) is 13.1. The van der Waals surface area contributed by atoms with Crippen molar-refractivity contribution >= 4 is 22.8 Å². The van der Waals surface area contributed by atoms with Gasteiger partial charge in [-0.1, -0.05) is 18.2 Å². The van der Waals surface area contributed by atoms with E-state index in [1.54, 1.807) is 18.2 Å². The first-order valence-electron chi connectivity index (χ1n) is 7.41. The summed E-state index contributed by atoms with van der Waals surface area (Å²) in [5.41, 5.74) is 1.25. The van der Waals surface area contributed by atoms with E-state index in [4.69, 9.17) is 9.47 Å². The van der Waals surface area contributed by atoms with E-state index < -0.39 is 17.0 Å². The van der Waals surface area contributed by atoms with E-state index in [9.17, 15) is 9.35 Å². The van der Waals surface area contributed by atoms with Gasteiger partial charge >= 0.3 is 0 Å². The summed E-state index contributed by atoms with van der Waals surface area (Å²) >= 11 is -1.32. The zero-order chi connectivity index (χ0) is 15.9. The van der Waals surface area contributed by atoms with Crippen molar-refractivity contribution in [3.63, 3.8) is 0 Å². The molecule has 0 saturated carbocycles. The fourth-order valence-corrected chi connectivity index (χ4v) is 3.94. The molecule has 2 heterocycles. The molecule has 1 fully saturated rings. The van der Waals surface area contributed by atoms with E-state index in [1.807, 2.05) is 30.3 Å². The van der Waals surface area contributed by atoms with Crippen LogP contribution >= 0.6 is 0 Å². The lowest BCUT2D eigenvalue weighted by Crippen LogP contribution is -2.43. The van der Waals surface area contributed by atoms with Crippen LogP contribution in [0.25, 0.3) is 0 Å². The molecule has 2 aliphatic heterocycles. The van der Waals surface area contributed by atoms with Crippen LogP contribution in [0, 0.1) is 0 Å². The smallest absolute Gasteiger partial charge is 0.289 e. The van der Waals surface area contributed by atoms with E-state index in [-0.39, 0.29) is 5.91 Å². The van der Waals surface area contributed by atoms with Gasteiger partial charge in [-0.25, -0.2) is 0 Å². The van der Waals surface area contributed by atoms with Crippen molar-refractivity contribution in [3.05, 3.63) is 54.1 Å². The summed E-state index contributed by atoms with van der Waals surface area (Å²) in [6, 6.07) is 14.4. The first kappa shape index (κ1) is 14.7. The summed E-state index contributed by atoms with van der Waals surface area (Å²) in [7, 11) is 0. The highest BCUT2D eigenvalue weighted by molar-refractivity contribution is 7.91. The Balaban J connectivity index is 1.75. The van der Waals surface area contributed by atoms with Crippen molar-refractivity contribution in [1.29, 1.82) is 0 Å². The van der Waals surface area contributed by atoms with Crippen molar-refractivity contribution in [2.45, 2.75) is 22.0 Å². The van der Waals surface area contributed by atoms with Crippen molar-refractivity contribution < 1.29 is 18.8 Å². The molecular weight excluding hydrogens is 314 g/mol. The SMILES string of the molecule is O=C1Nc2ccc([S+]([O-])c3ccccc3)cc2C12OCCCO2. The first-order valence-corrected chi connectivity index (χ1v) is 8.56. The lowest BCUT2D eigenvalue weighted by Gasteiger charge is -2.31. The maximum absolute atomic E-state index is 12.7. The first-order chi connectivity index (χ1) is 11.2. The number of ether oxygens (including phenoxy) is 2. The van der Waals surface area contributed by atoms with Crippen molar-refractivity contribution in [3.8, 4) is 0 Å². The van der Waals surface area contributed by atoms with Gasteiger partial charge in [-0.05, 0) is 30.7 Å². The Hall–Kier alpha value is -1.86. The Labute approximate surface area is 136 Å². The molecule has 23 heavy (non-hydrogen) atoms. The second-order valence-corrected chi connectivity index (χ2v) is 6.89. The summed E-state index contributed by atoms with van der Waals surface area (Å²) in [6.45, 7) is 0.914. The van der Waals surface area contributed by atoms with Crippen molar-refractivity contribution in [2.24, 2.45) is 0 Å². The summed E-state index contributed by atoms with van der Waals surface area (Å²) in [5, 5.41) is 2.78. The van der Waals surface area contributed by atoms with Crippen LogP contribution in [0.1, 0.15) is 12.0 Å². The molecule has 6 heteroatoms. The van der Waals surface area contributed by atoms with Gasteiger partial charge in [0.25, 0.3) is 11.7 Å². The van der Waals surface area contributed by atoms with Gasteiger partial charge in [0.15, 0.2) is 9.79 Å². The average Bonchev–Trinajstić information content (AvgIpc) is 2.87.